The van der Waals surface area contributed by atoms with E-state index in [2.05, 4.69) is 44.8 Å². The van der Waals surface area contributed by atoms with Gasteiger partial charge < -0.3 is 10.1 Å². The Kier molecular flexibility index (Phi) is 5.61. The second kappa shape index (κ2) is 7.80. The number of rotatable bonds is 1. The molecule has 4 saturated carbocycles. The average molecular weight is 507 g/mol. The normalized spacial score (nSPS) is 47.8. The Balaban J connectivity index is 1.63. The number of Topliss-reactive ketones (excluding diaryl/α,β-unsaturated/α-hetero) is 2. The van der Waals surface area contributed by atoms with Gasteiger partial charge in [-0.1, -0.05) is 54.5 Å². The molecule has 4 fully saturated rings. The van der Waals surface area contributed by atoms with Gasteiger partial charge in [-0.15, -0.1) is 0 Å². The number of fused-ring (bicyclic) bond motifs is 7. The number of hydrogen-bond donors (Lipinski definition) is 1. The molecule has 0 spiro atoms. The summed E-state index contributed by atoms with van der Waals surface area (Å²) >= 11 is 0. The second-order valence-electron chi connectivity index (χ2n) is 15.5. The zero-order valence-electron chi connectivity index (χ0n) is 24.2. The number of carbonyl (C=O) groups excluding carboxylic acids is 3. The number of nitrogens with one attached hydrogen (secondary N) is 1. The molecule has 0 aromatic rings. The van der Waals surface area contributed by atoms with Crippen molar-refractivity contribution in [1.29, 1.82) is 0 Å². The molecule has 0 radical (unpaired) electrons. The van der Waals surface area contributed by atoms with Gasteiger partial charge in [0.05, 0.1) is 6.57 Å². The molecule has 0 aromatic heterocycles. The predicted molar refractivity (Wildman–Crippen MR) is 144 cm³/mol. The van der Waals surface area contributed by atoms with Crippen molar-refractivity contribution in [3.8, 4) is 0 Å². The summed E-state index contributed by atoms with van der Waals surface area (Å²) in [6.45, 7) is 25.1. The van der Waals surface area contributed by atoms with E-state index in [4.69, 9.17) is 6.57 Å². The lowest BCUT2D eigenvalue weighted by Gasteiger charge is -2.72. The van der Waals surface area contributed by atoms with E-state index in [0.29, 0.717) is 12.2 Å². The third-order valence-electron chi connectivity index (χ3n) is 12.9. The number of nitrogens with zero attached hydrogens (tertiary/aromatic N) is 1. The van der Waals surface area contributed by atoms with E-state index >= 15 is 0 Å². The highest BCUT2D eigenvalue weighted by Gasteiger charge is 2.72. The molecule has 37 heavy (non-hydrogen) atoms. The first-order valence-electron chi connectivity index (χ1n) is 14.4. The highest BCUT2D eigenvalue weighted by Crippen LogP contribution is 2.74. The van der Waals surface area contributed by atoms with Crippen molar-refractivity contribution in [3.05, 3.63) is 23.2 Å². The van der Waals surface area contributed by atoms with Crippen LogP contribution in [-0.4, -0.2) is 23.0 Å². The predicted octanol–water partition coefficient (Wildman–Crippen LogP) is 6.53. The highest BCUT2D eigenvalue weighted by atomic mass is 16.1. The topological polar surface area (TPSA) is 67.6 Å². The molecule has 1 amide bonds. The van der Waals surface area contributed by atoms with Gasteiger partial charge in [0.1, 0.15) is 5.78 Å². The Hall–Kier alpha value is -1.96. The molecular formula is C32H46N2O3. The van der Waals surface area contributed by atoms with Crippen LogP contribution in [0.4, 0.5) is 0 Å². The van der Waals surface area contributed by atoms with Crippen LogP contribution in [0.2, 0.25) is 0 Å². The van der Waals surface area contributed by atoms with Crippen LogP contribution in [0.25, 0.3) is 4.85 Å². The Morgan fingerprint density at radius 2 is 1.59 bits per heavy atom. The number of amides is 1. The molecule has 0 saturated heterocycles. The Bertz CT molecular complexity index is 1140. The van der Waals surface area contributed by atoms with Gasteiger partial charge in [-0.05, 0) is 84.4 Å². The molecule has 5 nitrogen and oxygen atoms in total. The zero-order valence-corrected chi connectivity index (χ0v) is 24.2. The van der Waals surface area contributed by atoms with Crippen LogP contribution in [-0.2, 0) is 14.4 Å². The van der Waals surface area contributed by atoms with Gasteiger partial charge in [0.15, 0.2) is 5.78 Å². The van der Waals surface area contributed by atoms with Gasteiger partial charge >= 0.3 is 0 Å². The summed E-state index contributed by atoms with van der Waals surface area (Å²) in [5, 5.41) is 3.40. The van der Waals surface area contributed by atoms with Crippen LogP contribution in [0.15, 0.2) is 11.8 Å². The van der Waals surface area contributed by atoms with Gasteiger partial charge in [-0.3, -0.25) is 9.59 Å². The SMILES string of the molecule is [C-]#[N+]C1=C[C@]2(C)[C@H]3CC(=O)C4C5CC(C)(C)CC[C@]5(NC(C)=O)CC[C@@]4(C)[C@]3(C)CC[C@H]2C(C)(C)C1=O. The number of carbonyl (C=O) groups is 3. The fraction of sp³-hybridized carbons (Fsp3) is 0.812. The molecule has 0 bridgehead atoms. The monoisotopic (exact) mass is 506 g/mol. The standard InChI is InChI=1S/C32H46N2O3/c1-19(35)34-32-14-12-27(2,3)17-20(32)25-22(36)16-24-29(6)18-21(33-9)26(37)28(4,5)23(29)10-11-30(24,7)31(25,8)13-15-32/h18,20,23-25H,10-17H2,1-8H3,(H,34,35)/t20?,23-,24+,25?,29-,30+,31+,32-/m0/s1. The van der Waals surface area contributed by atoms with E-state index < -0.39 is 5.41 Å². The van der Waals surface area contributed by atoms with Crippen molar-refractivity contribution in [1.82, 2.24) is 5.32 Å². The largest absolute Gasteiger partial charge is 0.351 e. The third-order valence-corrected chi connectivity index (χ3v) is 12.9. The van der Waals surface area contributed by atoms with E-state index in [-0.39, 0.29) is 68.3 Å². The van der Waals surface area contributed by atoms with E-state index in [1.807, 2.05) is 19.9 Å². The van der Waals surface area contributed by atoms with E-state index in [0.717, 1.165) is 44.9 Å². The third kappa shape index (κ3) is 3.36. The summed E-state index contributed by atoms with van der Waals surface area (Å²) < 4.78 is 0. The van der Waals surface area contributed by atoms with E-state index in [1.165, 1.54) is 0 Å². The van der Waals surface area contributed by atoms with Crippen LogP contribution in [0, 0.1) is 57.3 Å². The van der Waals surface area contributed by atoms with Crippen molar-refractivity contribution in [2.24, 2.45) is 50.7 Å². The average Bonchev–Trinajstić information content (AvgIpc) is 2.78. The van der Waals surface area contributed by atoms with Crippen LogP contribution < -0.4 is 5.32 Å². The number of hydrogen-bond acceptors (Lipinski definition) is 3. The lowest BCUT2D eigenvalue weighted by atomic mass is 9.32. The molecule has 5 aliphatic carbocycles. The molecular weight excluding hydrogens is 460 g/mol. The summed E-state index contributed by atoms with van der Waals surface area (Å²) in [5.74, 6) is 0.615. The Labute approximate surface area is 223 Å². The summed E-state index contributed by atoms with van der Waals surface area (Å²) in [4.78, 5) is 43.8. The first-order valence-corrected chi connectivity index (χ1v) is 14.4. The first-order chi connectivity index (χ1) is 17.0. The second-order valence-corrected chi connectivity index (χ2v) is 15.5. The number of ketones is 2. The quantitative estimate of drug-likeness (QED) is 0.411. The smallest absolute Gasteiger partial charge is 0.226 e. The molecule has 5 rings (SSSR count). The van der Waals surface area contributed by atoms with Crippen LogP contribution >= 0.6 is 0 Å². The summed E-state index contributed by atoms with van der Waals surface area (Å²) in [6, 6.07) is 0. The maximum absolute atomic E-state index is 14.5. The Morgan fingerprint density at radius 3 is 2.22 bits per heavy atom. The number of allylic oxidation sites excluding steroid dienone is 2. The van der Waals surface area contributed by atoms with Crippen molar-refractivity contribution in [3.63, 3.8) is 0 Å². The highest BCUT2D eigenvalue weighted by molar-refractivity contribution is 6.02. The van der Waals surface area contributed by atoms with Crippen LogP contribution in [0.3, 0.4) is 0 Å². The lowest BCUT2D eigenvalue weighted by Crippen LogP contribution is -2.72. The summed E-state index contributed by atoms with van der Waals surface area (Å²) in [5.41, 5.74) is -1.12. The minimum Gasteiger partial charge on any atom is -0.351 e. The molecule has 5 heteroatoms. The van der Waals surface area contributed by atoms with Crippen molar-refractivity contribution in [2.45, 2.75) is 112 Å². The molecule has 0 aliphatic heterocycles. The fourth-order valence-corrected chi connectivity index (χ4v) is 10.8. The maximum atomic E-state index is 14.5. The van der Waals surface area contributed by atoms with Crippen LogP contribution in [0.1, 0.15) is 107 Å². The van der Waals surface area contributed by atoms with Crippen molar-refractivity contribution in [2.75, 3.05) is 0 Å². The maximum Gasteiger partial charge on any atom is 0.226 e. The zero-order chi connectivity index (χ0) is 27.4. The molecule has 8 atom stereocenters. The Morgan fingerprint density at radius 1 is 0.946 bits per heavy atom. The minimum atomic E-state index is -0.605. The van der Waals surface area contributed by atoms with Gasteiger partial charge in [0.2, 0.25) is 11.6 Å². The molecule has 0 aromatic carbocycles. The minimum absolute atomic E-state index is 0.0135. The van der Waals surface area contributed by atoms with Gasteiger partial charge in [0.25, 0.3) is 0 Å². The molecule has 1 N–H and O–H groups in total. The summed E-state index contributed by atoms with van der Waals surface area (Å²) in [6.07, 6.45) is 9.23. The lowest BCUT2D eigenvalue weighted by molar-refractivity contribution is -0.215. The van der Waals surface area contributed by atoms with E-state index in [9.17, 15) is 14.4 Å². The van der Waals surface area contributed by atoms with Crippen LogP contribution in [0.5, 0.6) is 0 Å². The van der Waals surface area contributed by atoms with Gasteiger partial charge in [-0.2, -0.15) is 0 Å². The fourth-order valence-electron chi connectivity index (χ4n) is 10.8. The van der Waals surface area contributed by atoms with Crippen molar-refractivity contribution >= 4 is 17.5 Å². The first kappa shape index (κ1) is 26.6. The molecule has 0 heterocycles. The molecule has 5 aliphatic rings. The molecule has 2 unspecified atom stereocenters. The summed E-state index contributed by atoms with van der Waals surface area (Å²) in [7, 11) is 0. The van der Waals surface area contributed by atoms with Gasteiger partial charge in [-0.25, -0.2) is 4.85 Å². The van der Waals surface area contributed by atoms with Gasteiger partial charge in [0, 0.05) is 30.2 Å². The van der Waals surface area contributed by atoms with E-state index in [1.54, 1.807) is 6.92 Å². The van der Waals surface area contributed by atoms with Crippen molar-refractivity contribution < 1.29 is 14.4 Å². The molecule has 202 valence electrons.